The van der Waals surface area contributed by atoms with Gasteiger partial charge in [-0.3, -0.25) is 0 Å². The Labute approximate surface area is 140 Å². The standard InChI is InChI=1S/C12H6Cl2F4N2O2S/c13-6-1-8-9(22-12(17,18)11(15,16)21-8)2-7(6)19-3-5-4-20-10(14)23-5/h1-2,4,19H,3H2. The zero-order chi connectivity index (χ0) is 16.8. The molecule has 2 heterocycles. The van der Waals surface area contributed by atoms with Crippen LogP contribution in [0.2, 0.25) is 9.49 Å². The van der Waals surface area contributed by atoms with Crippen LogP contribution in [0.25, 0.3) is 0 Å². The van der Waals surface area contributed by atoms with Gasteiger partial charge in [-0.15, -0.1) is 11.3 Å². The Balaban J connectivity index is 1.84. The van der Waals surface area contributed by atoms with Crippen molar-refractivity contribution in [1.29, 1.82) is 0 Å². The molecule has 1 aromatic carbocycles. The molecule has 0 saturated carbocycles. The minimum atomic E-state index is -4.78. The summed E-state index contributed by atoms with van der Waals surface area (Å²) in [5.41, 5.74) is 0.208. The van der Waals surface area contributed by atoms with Crippen LogP contribution in [0.15, 0.2) is 18.3 Å². The quantitative estimate of drug-likeness (QED) is 0.749. The Morgan fingerprint density at radius 3 is 2.26 bits per heavy atom. The molecule has 11 heteroatoms. The number of halogens is 6. The van der Waals surface area contributed by atoms with E-state index >= 15 is 0 Å². The Morgan fingerprint density at radius 1 is 1.09 bits per heavy atom. The van der Waals surface area contributed by atoms with E-state index in [1.807, 2.05) is 0 Å². The number of benzene rings is 1. The van der Waals surface area contributed by atoms with Crippen molar-refractivity contribution in [3.8, 4) is 11.5 Å². The molecular formula is C12H6Cl2F4N2O2S. The molecule has 0 amide bonds. The number of nitrogens with one attached hydrogen (secondary N) is 1. The maximum Gasteiger partial charge on any atom is 0.507 e. The van der Waals surface area contributed by atoms with Crippen LogP contribution in [-0.4, -0.2) is 17.2 Å². The normalized spacial score (nSPS) is 17.8. The van der Waals surface area contributed by atoms with Gasteiger partial charge in [-0.2, -0.15) is 17.6 Å². The molecule has 0 bridgehead atoms. The highest BCUT2D eigenvalue weighted by Crippen LogP contribution is 2.49. The van der Waals surface area contributed by atoms with Crippen LogP contribution in [0.3, 0.4) is 0 Å². The Morgan fingerprint density at radius 2 is 1.70 bits per heavy atom. The van der Waals surface area contributed by atoms with Crippen molar-refractivity contribution in [3.05, 3.63) is 32.7 Å². The van der Waals surface area contributed by atoms with Gasteiger partial charge in [0.15, 0.2) is 16.0 Å². The minimum Gasteiger partial charge on any atom is -0.421 e. The second kappa shape index (κ2) is 5.57. The number of ether oxygens (including phenoxy) is 2. The van der Waals surface area contributed by atoms with Crippen molar-refractivity contribution < 1.29 is 27.0 Å². The van der Waals surface area contributed by atoms with Crippen molar-refractivity contribution in [3.63, 3.8) is 0 Å². The molecule has 23 heavy (non-hydrogen) atoms. The number of alkyl halides is 4. The number of thiazole rings is 1. The zero-order valence-corrected chi connectivity index (χ0v) is 13.2. The Hall–Kier alpha value is -1.45. The number of nitrogens with zero attached hydrogens (tertiary/aromatic N) is 1. The summed E-state index contributed by atoms with van der Waals surface area (Å²) in [6, 6.07) is 2.03. The van der Waals surface area contributed by atoms with Crippen molar-refractivity contribution in [2.75, 3.05) is 5.32 Å². The Kier molecular flexibility index (Phi) is 3.97. The SMILES string of the molecule is FC1(F)Oc2cc(Cl)c(NCc3cnc(Cl)s3)cc2OC1(F)F. The molecule has 1 N–H and O–H groups in total. The maximum atomic E-state index is 13.2. The number of anilines is 1. The first-order valence-electron chi connectivity index (χ1n) is 5.99. The average molecular weight is 389 g/mol. The molecule has 1 aliphatic heterocycles. The summed E-state index contributed by atoms with van der Waals surface area (Å²) in [5.74, 6) is -1.12. The fourth-order valence-corrected chi connectivity index (χ4v) is 2.91. The molecule has 0 radical (unpaired) electrons. The molecule has 0 fully saturated rings. The molecule has 2 aromatic rings. The van der Waals surface area contributed by atoms with Gasteiger partial charge in [0.25, 0.3) is 0 Å². The van der Waals surface area contributed by atoms with Gasteiger partial charge in [0.1, 0.15) is 0 Å². The van der Waals surface area contributed by atoms with Crippen LogP contribution in [-0.2, 0) is 6.54 Å². The van der Waals surface area contributed by atoms with Gasteiger partial charge < -0.3 is 14.8 Å². The van der Waals surface area contributed by atoms with Gasteiger partial charge >= 0.3 is 12.2 Å². The summed E-state index contributed by atoms with van der Waals surface area (Å²) in [5, 5.41) is 2.86. The van der Waals surface area contributed by atoms with Crippen LogP contribution in [0.4, 0.5) is 23.2 Å². The van der Waals surface area contributed by atoms with Gasteiger partial charge in [0.2, 0.25) is 0 Å². The van der Waals surface area contributed by atoms with Crippen LogP contribution < -0.4 is 14.8 Å². The summed E-state index contributed by atoms with van der Waals surface area (Å²) < 4.78 is 60.9. The predicted octanol–water partition coefficient (Wildman–Crippen LogP) is 5.02. The first kappa shape index (κ1) is 16.4. The molecule has 4 nitrogen and oxygen atoms in total. The van der Waals surface area contributed by atoms with E-state index in [0.29, 0.717) is 4.47 Å². The van der Waals surface area contributed by atoms with Crippen LogP contribution in [0, 0.1) is 0 Å². The number of hydrogen-bond donors (Lipinski definition) is 1. The minimum absolute atomic E-state index is 0.00368. The molecule has 124 valence electrons. The third kappa shape index (κ3) is 3.13. The van der Waals surface area contributed by atoms with Gasteiger partial charge in [-0.25, -0.2) is 4.98 Å². The molecular weight excluding hydrogens is 383 g/mol. The van der Waals surface area contributed by atoms with Crippen LogP contribution in [0.5, 0.6) is 11.5 Å². The highest BCUT2D eigenvalue weighted by molar-refractivity contribution is 7.15. The lowest BCUT2D eigenvalue weighted by molar-refractivity contribution is -0.391. The molecule has 3 rings (SSSR count). The van der Waals surface area contributed by atoms with Gasteiger partial charge in [0.05, 0.1) is 17.3 Å². The second-order valence-electron chi connectivity index (χ2n) is 4.45. The topological polar surface area (TPSA) is 43.4 Å². The van der Waals surface area contributed by atoms with E-state index in [-0.39, 0.29) is 17.3 Å². The van der Waals surface area contributed by atoms with E-state index < -0.39 is 23.7 Å². The van der Waals surface area contributed by atoms with Gasteiger partial charge in [-0.1, -0.05) is 23.2 Å². The van der Waals surface area contributed by atoms with E-state index in [0.717, 1.165) is 17.0 Å². The largest absolute Gasteiger partial charge is 0.507 e. The average Bonchev–Trinajstić information content (AvgIpc) is 2.84. The monoisotopic (exact) mass is 388 g/mol. The summed E-state index contributed by atoms with van der Waals surface area (Å²) >= 11 is 12.8. The lowest BCUT2D eigenvalue weighted by Gasteiger charge is -2.32. The first-order chi connectivity index (χ1) is 10.7. The van der Waals surface area contributed by atoms with Gasteiger partial charge in [0, 0.05) is 23.2 Å². The van der Waals surface area contributed by atoms with E-state index in [1.54, 1.807) is 0 Å². The molecule has 0 aliphatic carbocycles. The van der Waals surface area contributed by atoms with E-state index in [4.69, 9.17) is 23.2 Å². The van der Waals surface area contributed by atoms with Crippen molar-refractivity contribution in [2.24, 2.45) is 0 Å². The molecule has 0 unspecified atom stereocenters. The van der Waals surface area contributed by atoms with Crippen molar-refractivity contribution in [1.82, 2.24) is 4.98 Å². The summed E-state index contributed by atoms with van der Waals surface area (Å²) in [6.45, 7) is 0.260. The fraction of sp³-hybridized carbons (Fsp3) is 0.250. The molecule has 0 spiro atoms. The predicted molar refractivity (Wildman–Crippen MR) is 77.1 cm³/mol. The number of rotatable bonds is 3. The molecule has 0 atom stereocenters. The van der Waals surface area contributed by atoms with E-state index in [1.165, 1.54) is 17.5 Å². The van der Waals surface area contributed by atoms with Crippen LogP contribution >= 0.6 is 34.5 Å². The number of hydrogen-bond acceptors (Lipinski definition) is 5. The third-order valence-electron chi connectivity index (χ3n) is 2.83. The number of fused-ring (bicyclic) bond motifs is 1. The summed E-state index contributed by atoms with van der Waals surface area (Å²) in [4.78, 5) is 4.60. The molecule has 1 aliphatic rings. The van der Waals surface area contributed by atoms with E-state index in [2.05, 4.69) is 19.8 Å². The molecule has 0 saturated heterocycles. The van der Waals surface area contributed by atoms with Crippen molar-refractivity contribution >= 4 is 40.2 Å². The third-order valence-corrected chi connectivity index (χ3v) is 4.25. The van der Waals surface area contributed by atoms with Crippen molar-refractivity contribution in [2.45, 2.75) is 18.8 Å². The van der Waals surface area contributed by atoms with Crippen LogP contribution in [0.1, 0.15) is 4.88 Å². The maximum absolute atomic E-state index is 13.2. The lowest BCUT2D eigenvalue weighted by atomic mass is 10.2. The number of aromatic nitrogens is 1. The summed E-state index contributed by atoms with van der Waals surface area (Å²) in [6.07, 6.45) is -8.03. The zero-order valence-electron chi connectivity index (χ0n) is 10.9. The smallest absolute Gasteiger partial charge is 0.421 e. The summed E-state index contributed by atoms with van der Waals surface area (Å²) in [7, 11) is 0. The van der Waals surface area contributed by atoms with Gasteiger partial charge in [-0.05, 0) is 0 Å². The Bertz CT molecular complexity index is 757. The van der Waals surface area contributed by atoms with E-state index in [9.17, 15) is 17.6 Å². The molecule has 1 aromatic heterocycles. The lowest BCUT2D eigenvalue weighted by Crippen LogP contribution is -2.52. The highest BCUT2D eigenvalue weighted by Gasteiger charge is 2.66. The first-order valence-corrected chi connectivity index (χ1v) is 7.56. The highest BCUT2D eigenvalue weighted by atomic mass is 35.5. The second-order valence-corrected chi connectivity index (χ2v) is 6.55. The fourth-order valence-electron chi connectivity index (χ4n) is 1.77.